The van der Waals surface area contributed by atoms with Crippen molar-refractivity contribution >= 4 is 57.2 Å². The average molecular weight is 496 g/mol. The van der Waals surface area contributed by atoms with E-state index in [9.17, 15) is 4.79 Å². The molecular weight excluding hydrogens is 479 g/mol. The number of nitrogens with one attached hydrogen (secondary N) is 1. The van der Waals surface area contributed by atoms with Crippen molar-refractivity contribution in [2.24, 2.45) is 0 Å². The zero-order chi connectivity index (χ0) is 21.9. The van der Waals surface area contributed by atoms with Crippen LogP contribution in [0.3, 0.4) is 0 Å². The highest BCUT2D eigenvalue weighted by atomic mass is 32.2. The molecule has 4 heterocycles. The van der Waals surface area contributed by atoms with Crippen LogP contribution < -0.4 is 5.32 Å². The highest BCUT2D eigenvalue weighted by Gasteiger charge is 2.27. The van der Waals surface area contributed by atoms with Crippen LogP contribution in [0.25, 0.3) is 5.00 Å². The number of fused-ring (bicyclic) bond motifs is 1. The summed E-state index contributed by atoms with van der Waals surface area (Å²) in [5, 5.41) is 21.7. The summed E-state index contributed by atoms with van der Waals surface area (Å²) in [6.45, 7) is 0. The summed E-state index contributed by atoms with van der Waals surface area (Å²) in [5.74, 6) is 2.58. The summed E-state index contributed by atoms with van der Waals surface area (Å²) in [6, 6.07) is 13.6. The van der Waals surface area contributed by atoms with E-state index in [0.29, 0.717) is 10.7 Å². The van der Waals surface area contributed by atoms with Gasteiger partial charge in [-0.1, -0.05) is 35.2 Å². The van der Waals surface area contributed by atoms with Gasteiger partial charge in [-0.15, -0.1) is 21.5 Å². The fraction of sp³-hybridized carbons (Fsp3) is 0.182. The molecule has 3 aromatic heterocycles. The van der Waals surface area contributed by atoms with Crippen molar-refractivity contribution in [2.75, 3.05) is 11.1 Å². The largest absolute Gasteiger partial charge is 0.315 e. The predicted octanol–water partition coefficient (Wildman–Crippen LogP) is 5.60. The molecule has 1 aromatic carbocycles. The molecule has 0 unspecified atom stereocenters. The number of hydrogen-bond acceptors (Lipinski definition) is 8. The van der Waals surface area contributed by atoms with Gasteiger partial charge in [0.05, 0.1) is 17.2 Å². The first kappa shape index (κ1) is 21.3. The molecule has 0 saturated carbocycles. The Hall–Kier alpha value is -2.58. The van der Waals surface area contributed by atoms with E-state index < -0.39 is 0 Å². The van der Waals surface area contributed by atoms with E-state index in [4.69, 9.17) is 5.26 Å². The third-order valence-corrected chi connectivity index (χ3v) is 9.40. The third-order valence-electron chi connectivity index (χ3n) is 4.94. The van der Waals surface area contributed by atoms with Crippen LogP contribution in [0.2, 0.25) is 0 Å². The monoisotopic (exact) mass is 495 g/mol. The molecule has 0 spiro atoms. The number of benzene rings is 1. The Morgan fingerprint density at radius 3 is 2.78 bits per heavy atom. The Kier molecular flexibility index (Phi) is 6.32. The summed E-state index contributed by atoms with van der Waals surface area (Å²) < 4.78 is 2.81. The van der Waals surface area contributed by atoms with Gasteiger partial charge in [0, 0.05) is 28.8 Å². The molecule has 1 aliphatic rings. The SMILES string of the molecule is N#Cc1ccc(CSc2nnc(NC(=O)c3c(-n4cccc4)sc4c3CCSC4)s2)cc1. The van der Waals surface area contributed by atoms with E-state index in [0.717, 1.165) is 49.7 Å². The zero-order valence-corrected chi connectivity index (χ0v) is 20.0. The summed E-state index contributed by atoms with van der Waals surface area (Å²) in [5.41, 5.74) is 3.67. The van der Waals surface area contributed by atoms with E-state index >= 15 is 0 Å². The topological polar surface area (TPSA) is 83.6 Å². The van der Waals surface area contributed by atoms with Gasteiger partial charge in [0.25, 0.3) is 5.91 Å². The maximum Gasteiger partial charge on any atom is 0.260 e. The van der Waals surface area contributed by atoms with Gasteiger partial charge in [0.1, 0.15) is 5.00 Å². The molecule has 10 heteroatoms. The molecular formula is C22H17N5OS4. The lowest BCUT2D eigenvalue weighted by Crippen LogP contribution is -2.16. The molecule has 0 saturated heterocycles. The minimum atomic E-state index is -0.127. The van der Waals surface area contributed by atoms with Gasteiger partial charge >= 0.3 is 0 Å². The van der Waals surface area contributed by atoms with Crippen LogP contribution in [-0.4, -0.2) is 26.4 Å². The van der Waals surface area contributed by atoms with Gasteiger partial charge in [-0.25, -0.2) is 0 Å². The van der Waals surface area contributed by atoms with Crippen LogP contribution in [0.15, 0.2) is 53.1 Å². The average Bonchev–Trinajstić information content (AvgIpc) is 3.57. The van der Waals surface area contributed by atoms with Crippen molar-refractivity contribution in [1.29, 1.82) is 5.26 Å². The van der Waals surface area contributed by atoms with Gasteiger partial charge in [0.2, 0.25) is 5.13 Å². The lowest BCUT2D eigenvalue weighted by molar-refractivity contribution is 0.102. The quantitative estimate of drug-likeness (QED) is 0.277. The van der Waals surface area contributed by atoms with Crippen molar-refractivity contribution in [3.63, 3.8) is 0 Å². The van der Waals surface area contributed by atoms with Crippen LogP contribution in [-0.2, 0) is 17.9 Å². The summed E-state index contributed by atoms with van der Waals surface area (Å²) in [6.07, 6.45) is 4.86. The number of thiophene rings is 1. The molecule has 5 rings (SSSR count). The lowest BCUT2D eigenvalue weighted by atomic mass is 10.1. The number of carbonyl (C=O) groups is 1. The van der Waals surface area contributed by atoms with Gasteiger partial charge in [-0.05, 0) is 47.6 Å². The normalized spacial score (nSPS) is 12.8. The first-order valence-electron chi connectivity index (χ1n) is 9.83. The van der Waals surface area contributed by atoms with Crippen LogP contribution in [0.5, 0.6) is 0 Å². The molecule has 0 atom stereocenters. The van der Waals surface area contributed by atoms with Crippen LogP contribution in [0.1, 0.15) is 31.9 Å². The van der Waals surface area contributed by atoms with Crippen LogP contribution in [0, 0.1) is 11.3 Å². The second kappa shape index (κ2) is 9.50. The second-order valence-corrected chi connectivity index (χ2v) is 11.4. The number of nitrogens with zero attached hydrogens (tertiary/aromatic N) is 4. The van der Waals surface area contributed by atoms with E-state index in [1.807, 2.05) is 65.1 Å². The second-order valence-electron chi connectivity index (χ2n) is 7.00. The Balaban J connectivity index is 1.31. The molecule has 0 bridgehead atoms. The van der Waals surface area contributed by atoms with E-state index in [1.54, 1.807) is 23.1 Å². The van der Waals surface area contributed by atoms with E-state index in [-0.39, 0.29) is 5.91 Å². The maximum absolute atomic E-state index is 13.3. The number of anilines is 1. The van der Waals surface area contributed by atoms with Gasteiger partial charge in [-0.3, -0.25) is 10.1 Å². The fourth-order valence-corrected chi connectivity index (χ4v) is 7.55. The van der Waals surface area contributed by atoms with E-state index in [1.165, 1.54) is 16.2 Å². The smallest absolute Gasteiger partial charge is 0.260 e. The Morgan fingerprint density at radius 1 is 1.19 bits per heavy atom. The molecule has 1 N–H and O–H groups in total. The van der Waals surface area contributed by atoms with Crippen molar-refractivity contribution in [3.8, 4) is 11.1 Å². The van der Waals surface area contributed by atoms with Crippen molar-refractivity contribution in [2.45, 2.75) is 22.3 Å². The molecule has 4 aromatic rings. The summed E-state index contributed by atoms with van der Waals surface area (Å²) in [4.78, 5) is 14.6. The molecule has 1 aliphatic heterocycles. The fourth-order valence-electron chi connectivity index (χ4n) is 3.40. The molecule has 160 valence electrons. The van der Waals surface area contributed by atoms with Crippen molar-refractivity contribution < 1.29 is 4.79 Å². The number of thioether (sulfide) groups is 2. The van der Waals surface area contributed by atoms with Crippen LogP contribution in [0.4, 0.5) is 5.13 Å². The van der Waals surface area contributed by atoms with Gasteiger partial charge < -0.3 is 4.57 Å². The number of rotatable bonds is 6. The Labute approximate surface area is 201 Å². The van der Waals surface area contributed by atoms with Gasteiger partial charge in [0.15, 0.2) is 4.34 Å². The number of hydrogen-bond donors (Lipinski definition) is 1. The first-order chi connectivity index (χ1) is 15.7. The minimum Gasteiger partial charge on any atom is -0.315 e. The number of carbonyl (C=O) groups excluding carboxylic acids is 1. The summed E-state index contributed by atoms with van der Waals surface area (Å²) >= 11 is 6.55. The lowest BCUT2D eigenvalue weighted by Gasteiger charge is -2.12. The highest BCUT2D eigenvalue weighted by molar-refractivity contribution is 8.00. The molecule has 6 nitrogen and oxygen atoms in total. The maximum atomic E-state index is 13.3. The molecule has 1 amide bonds. The summed E-state index contributed by atoms with van der Waals surface area (Å²) in [7, 11) is 0. The minimum absolute atomic E-state index is 0.127. The molecule has 0 radical (unpaired) electrons. The molecule has 32 heavy (non-hydrogen) atoms. The predicted molar refractivity (Wildman–Crippen MR) is 132 cm³/mol. The number of aromatic nitrogens is 3. The van der Waals surface area contributed by atoms with Crippen molar-refractivity contribution in [3.05, 3.63) is 75.9 Å². The van der Waals surface area contributed by atoms with Gasteiger partial charge in [-0.2, -0.15) is 17.0 Å². The molecule has 0 aliphatic carbocycles. The third kappa shape index (κ3) is 4.47. The first-order valence-corrected chi connectivity index (χ1v) is 13.6. The number of amides is 1. The number of nitriles is 1. The Morgan fingerprint density at radius 2 is 2.00 bits per heavy atom. The van der Waals surface area contributed by atoms with Crippen LogP contribution >= 0.6 is 46.2 Å². The van der Waals surface area contributed by atoms with E-state index in [2.05, 4.69) is 21.6 Å². The Bertz CT molecular complexity index is 1290. The standard InChI is InChI=1S/C22H17N5OS4/c23-11-14-3-5-15(6-4-14)12-30-22-26-25-21(32-22)24-19(28)18-16-7-10-29-13-17(16)31-20(18)27-8-1-2-9-27/h1-6,8-9H,7,10,12-13H2,(H,24,25,28). The molecule has 0 fully saturated rings. The highest BCUT2D eigenvalue weighted by Crippen LogP contribution is 2.39. The van der Waals surface area contributed by atoms with Crippen molar-refractivity contribution in [1.82, 2.24) is 14.8 Å². The zero-order valence-electron chi connectivity index (χ0n) is 16.8.